The van der Waals surface area contributed by atoms with Gasteiger partial charge in [0.25, 0.3) is 0 Å². The van der Waals surface area contributed by atoms with E-state index in [-0.39, 0.29) is 6.04 Å². The van der Waals surface area contributed by atoms with Crippen molar-refractivity contribution >= 4 is 16.7 Å². The first-order chi connectivity index (χ1) is 18.6. The lowest BCUT2D eigenvalue weighted by atomic mass is 10.0. The molecule has 1 fully saturated rings. The topological polar surface area (TPSA) is 106 Å². The second-order valence-corrected chi connectivity index (χ2v) is 9.40. The first-order valence-electron chi connectivity index (χ1n) is 12.7. The third-order valence-electron chi connectivity index (χ3n) is 6.93. The summed E-state index contributed by atoms with van der Waals surface area (Å²) in [7, 11) is 0. The van der Waals surface area contributed by atoms with Crippen molar-refractivity contribution in [2.45, 2.75) is 32.9 Å². The van der Waals surface area contributed by atoms with Gasteiger partial charge in [-0.1, -0.05) is 41.6 Å². The number of fused-ring (bicyclic) bond motifs is 1. The lowest BCUT2D eigenvalue weighted by Gasteiger charge is -2.37. The molecule has 0 saturated carbocycles. The van der Waals surface area contributed by atoms with Crippen LogP contribution in [0.4, 0.5) is 5.82 Å². The normalized spacial score (nSPS) is 15.6. The Hall–Kier alpha value is -4.55. The first-order valence-corrected chi connectivity index (χ1v) is 12.7. The summed E-state index contributed by atoms with van der Waals surface area (Å²) in [6.45, 7) is 6.28. The summed E-state index contributed by atoms with van der Waals surface area (Å²) in [4.78, 5) is 12.4. The predicted molar refractivity (Wildman–Crippen MR) is 143 cm³/mol. The number of aromatic nitrogens is 5. The third kappa shape index (κ3) is 4.40. The van der Waals surface area contributed by atoms with Gasteiger partial charge in [-0.3, -0.25) is 4.68 Å². The van der Waals surface area contributed by atoms with E-state index in [2.05, 4.69) is 57.6 Å². The number of benzene rings is 2. The number of hydrogen-bond donors (Lipinski definition) is 0. The smallest absolute Gasteiger partial charge is 0.165 e. The minimum absolute atomic E-state index is 0.0111. The van der Waals surface area contributed by atoms with Crippen molar-refractivity contribution in [3.8, 4) is 28.6 Å². The Kier molecular flexibility index (Phi) is 6.32. The molecule has 1 saturated heterocycles. The van der Waals surface area contributed by atoms with Gasteiger partial charge in [0, 0.05) is 23.7 Å². The standard InChI is InChI=1S/C29H27N7O2/c1-19-27(20(2)38-34-19)22-9-10-25-24(15-22)29(33-28(32-25)23-16-31-35(17-23)12-6-11-30)36-13-14-37-18-26(36)21-7-4-3-5-8-21/h3-5,7-10,15-17,26H,6,12-14,18H2,1-2H3. The number of nitriles is 1. The molecule has 0 spiro atoms. The molecule has 3 aromatic heterocycles. The zero-order valence-corrected chi connectivity index (χ0v) is 21.3. The SMILES string of the molecule is Cc1noc(C)c1-c1ccc2nc(-c3cnn(CCC#N)c3)nc(N3CCOCC3c3ccccc3)c2c1. The molecule has 9 heteroatoms. The van der Waals surface area contributed by atoms with Crippen LogP contribution < -0.4 is 4.90 Å². The molecule has 0 N–H and O–H groups in total. The number of aryl methyl sites for hydroxylation is 3. The predicted octanol–water partition coefficient (Wildman–Crippen LogP) is 5.26. The summed E-state index contributed by atoms with van der Waals surface area (Å²) >= 11 is 0. The Bertz CT molecular complexity index is 1610. The number of nitrogens with zero attached hydrogens (tertiary/aromatic N) is 7. The molecule has 0 radical (unpaired) electrons. The molecule has 5 aromatic rings. The van der Waals surface area contributed by atoms with Crippen molar-refractivity contribution in [1.82, 2.24) is 24.9 Å². The molecule has 0 aliphatic carbocycles. The summed E-state index contributed by atoms with van der Waals surface area (Å²) in [6.07, 6.45) is 4.05. The van der Waals surface area contributed by atoms with Crippen LogP contribution in [0.15, 0.2) is 65.4 Å². The van der Waals surface area contributed by atoms with E-state index in [4.69, 9.17) is 24.5 Å². The molecule has 1 unspecified atom stereocenters. The van der Waals surface area contributed by atoms with E-state index >= 15 is 0 Å². The van der Waals surface area contributed by atoms with E-state index in [9.17, 15) is 0 Å². The van der Waals surface area contributed by atoms with E-state index < -0.39 is 0 Å². The van der Waals surface area contributed by atoms with Gasteiger partial charge in [0.2, 0.25) is 0 Å². The molecule has 0 bridgehead atoms. The molecule has 0 amide bonds. The van der Waals surface area contributed by atoms with Crippen LogP contribution in [-0.4, -0.2) is 44.7 Å². The highest BCUT2D eigenvalue weighted by atomic mass is 16.5. The largest absolute Gasteiger partial charge is 0.377 e. The maximum absolute atomic E-state index is 8.95. The van der Waals surface area contributed by atoms with Crippen molar-refractivity contribution in [1.29, 1.82) is 5.26 Å². The van der Waals surface area contributed by atoms with Gasteiger partial charge in [0.1, 0.15) is 11.6 Å². The van der Waals surface area contributed by atoms with Crippen molar-refractivity contribution in [3.05, 3.63) is 77.9 Å². The molecule has 4 heterocycles. The lowest BCUT2D eigenvalue weighted by molar-refractivity contribution is 0.0939. The third-order valence-corrected chi connectivity index (χ3v) is 6.93. The number of hydrogen-bond acceptors (Lipinski definition) is 8. The highest BCUT2D eigenvalue weighted by molar-refractivity contribution is 5.95. The fourth-order valence-electron chi connectivity index (χ4n) is 5.09. The molecule has 2 aromatic carbocycles. The highest BCUT2D eigenvalue weighted by Gasteiger charge is 2.28. The minimum atomic E-state index is 0.0111. The molecule has 38 heavy (non-hydrogen) atoms. The number of ether oxygens (including phenoxy) is 1. The summed E-state index contributed by atoms with van der Waals surface area (Å²) in [5.41, 5.74) is 5.67. The average molecular weight is 506 g/mol. The highest BCUT2D eigenvalue weighted by Crippen LogP contribution is 2.37. The van der Waals surface area contributed by atoms with Crippen molar-refractivity contribution in [2.75, 3.05) is 24.7 Å². The van der Waals surface area contributed by atoms with Crippen LogP contribution in [0, 0.1) is 25.2 Å². The fourth-order valence-corrected chi connectivity index (χ4v) is 5.09. The van der Waals surface area contributed by atoms with Gasteiger partial charge >= 0.3 is 0 Å². The van der Waals surface area contributed by atoms with Crippen molar-refractivity contribution < 1.29 is 9.26 Å². The van der Waals surface area contributed by atoms with E-state index in [1.807, 2.05) is 32.2 Å². The second-order valence-electron chi connectivity index (χ2n) is 9.40. The van der Waals surface area contributed by atoms with Crippen LogP contribution in [0.25, 0.3) is 33.4 Å². The second kappa shape index (κ2) is 10.1. The Morgan fingerprint density at radius 1 is 1.08 bits per heavy atom. The van der Waals surface area contributed by atoms with E-state index in [0.29, 0.717) is 38.5 Å². The lowest BCUT2D eigenvalue weighted by Crippen LogP contribution is -2.40. The maximum atomic E-state index is 8.95. The summed E-state index contributed by atoms with van der Waals surface area (Å²) < 4.78 is 13.1. The Morgan fingerprint density at radius 2 is 1.95 bits per heavy atom. The fraction of sp³-hybridized carbons (Fsp3) is 0.276. The summed E-state index contributed by atoms with van der Waals surface area (Å²) in [5, 5.41) is 18.5. The number of rotatable bonds is 6. The Morgan fingerprint density at radius 3 is 2.74 bits per heavy atom. The van der Waals surface area contributed by atoms with Crippen LogP contribution in [0.1, 0.15) is 29.5 Å². The Balaban J connectivity index is 1.53. The molecular weight excluding hydrogens is 478 g/mol. The van der Waals surface area contributed by atoms with Gasteiger partial charge in [-0.05, 0) is 37.1 Å². The van der Waals surface area contributed by atoms with Crippen LogP contribution in [0.3, 0.4) is 0 Å². The molecule has 6 rings (SSSR count). The molecular formula is C29H27N7O2. The van der Waals surface area contributed by atoms with Gasteiger partial charge in [-0.25, -0.2) is 9.97 Å². The van der Waals surface area contributed by atoms with Crippen LogP contribution >= 0.6 is 0 Å². The van der Waals surface area contributed by atoms with Gasteiger partial charge in [0.15, 0.2) is 5.82 Å². The van der Waals surface area contributed by atoms with Crippen molar-refractivity contribution in [3.63, 3.8) is 0 Å². The zero-order valence-electron chi connectivity index (χ0n) is 21.3. The maximum Gasteiger partial charge on any atom is 0.165 e. The van der Waals surface area contributed by atoms with Gasteiger partial charge < -0.3 is 14.2 Å². The number of morpholine rings is 1. The van der Waals surface area contributed by atoms with Crippen molar-refractivity contribution in [2.24, 2.45) is 0 Å². The molecule has 1 aliphatic rings. The van der Waals surface area contributed by atoms with E-state index in [0.717, 1.165) is 44.9 Å². The van der Waals surface area contributed by atoms with Crippen LogP contribution in [0.5, 0.6) is 0 Å². The zero-order chi connectivity index (χ0) is 26.1. The number of anilines is 1. The Labute approximate surface area is 220 Å². The summed E-state index contributed by atoms with van der Waals surface area (Å²) in [6, 6.07) is 18.8. The molecule has 1 atom stereocenters. The van der Waals surface area contributed by atoms with E-state index in [1.54, 1.807) is 10.9 Å². The van der Waals surface area contributed by atoms with Gasteiger partial charge in [-0.2, -0.15) is 10.4 Å². The minimum Gasteiger partial charge on any atom is -0.377 e. The monoisotopic (exact) mass is 505 g/mol. The van der Waals surface area contributed by atoms with Crippen LogP contribution in [-0.2, 0) is 11.3 Å². The first kappa shape index (κ1) is 23.8. The average Bonchev–Trinajstić information content (AvgIpc) is 3.57. The summed E-state index contributed by atoms with van der Waals surface area (Å²) in [5.74, 6) is 2.22. The molecule has 1 aliphatic heterocycles. The van der Waals surface area contributed by atoms with Gasteiger partial charge in [0.05, 0.1) is 61.3 Å². The van der Waals surface area contributed by atoms with Gasteiger partial charge in [-0.15, -0.1) is 0 Å². The quantitative estimate of drug-likeness (QED) is 0.308. The molecule has 9 nitrogen and oxygen atoms in total. The molecule has 190 valence electrons. The van der Waals surface area contributed by atoms with Crippen LogP contribution in [0.2, 0.25) is 0 Å². The van der Waals surface area contributed by atoms with E-state index in [1.165, 1.54) is 5.56 Å².